The molecule has 4 N–H and O–H groups in total. The summed E-state index contributed by atoms with van der Waals surface area (Å²) >= 11 is 0. The number of amides is 3. The minimum absolute atomic E-state index is 0.203. The number of urea groups is 1. The van der Waals surface area contributed by atoms with Crippen LogP contribution in [0.25, 0.3) is 0 Å². The summed E-state index contributed by atoms with van der Waals surface area (Å²) in [5.41, 5.74) is 9.24. The Kier molecular flexibility index (Phi) is 8.64. The second-order valence-corrected chi connectivity index (χ2v) is 8.54. The fourth-order valence-electron chi connectivity index (χ4n) is 2.66. The second kappa shape index (κ2) is 10.0. The maximum Gasteiger partial charge on any atom is 0.421 e. The number of carbonyl (C=O) groups excluding carboxylic acids is 3. The normalized spacial score (nSPS) is 20.4. The van der Waals surface area contributed by atoms with Gasteiger partial charge in [-0.1, -0.05) is 6.92 Å². The molecule has 0 aromatic rings. The first-order valence-corrected chi connectivity index (χ1v) is 10.4. The van der Waals surface area contributed by atoms with E-state index >= 15 is 0 Å². The lowest BCUT2D eigenvalue weighted by molar-refractivity contribution is -0.156. The summed E-state index contributed by atoms with van der Waals surface area (Å²) in [6.07, 6.45) is 1.96. The number of esters is 1. The first kappa shape index (κ1) is 24.1. The highest BCUT2D eigenvalue weighted by Crippen LogP contribution is 2.28. The number of carbonyl (C=O) groups is 3. The van der Waals surface area contributed by atoms with Crippen molar-refractivity contribution in [2.24, 2.45) is 22.8 Å². The van der Waals surface area contributed by atoms with Crippen molar-refractivity contribution < 1.29 is 36.0 Å². The minimum atomic E-state index is -4.67. The third-order valence-corrected chi connectivity index (χ3v) is 5.12. The van der Waals surface area contributed by atoms with Gasteiger partial charge in [0.05, 0.1) is 24.7 Å². The number of nitrogens with two attached hydrogens (primary N) is 2. The predicted molar refractivity (Wildman–Crippen MR) is 97.4 cm³/mol. The highest BCUT2D eigenvalue weighted by Gasteiger charge is 2.36. The van der Waals surface area contributed by atoms with Gasteiger partial charge < -0.3 is 16.2 Å². The van der Waals surface area contributed by atoms with Crippen LogP contribution in [0.2, 0.25) is 0 Å². The fourth-order valence-corrected chi connectivity index (χ4v) is 3.53. The molecule has 162 valence electrons. The number of ether oxygens (including phenoxy) is 1. The number of nitrogens with zero attached hydrogens (tertiary/aromatic N) is 1. The van der Waals surface area contributed by atoms with Gasteiger partial charge >= 0.3 is 22.4 Å². The molecule has 0 bridgehead atoms. The number of primary amides is 2. The highest BCUT2D eigenvalue weighted by molar-refractivity contribution is 7.81. The van der Waals surface area contributed by atoms with Gasteiger partial charge in [0, 0.05) is 5.92 Å². The van der Waals surface area contributed by atoms with Crippen LogP contribution in [0.5, 0.6) is 0 Å². The van der Waals surface area contributed by atoms with Gasteiger partial charge in [-0.15, -0.1) is 4.28 Å². The van der Waals surface area contributed by atoms with E-state index in [0.717, 1.165) is 0 Å². The largest absolute Gasteiger partial charge is 0.465 e. The van der Waals surface area contributed by atoms with E-state index in [1.807, 2.05) is 6.92 Å². The van der Waals surface area contributed by atoms with Crippen LogP contribution < -0.4 is 11.5 Å². The Morgan fingerprint density at radius 2 is 1.68 bits per heavy atom. The summed E-state index contributed by atoms with van der Waals surface area (Å²) in [7, 11) is -4.67. The molecule has 3 amide bonds. The third-order valence-electron chi connectivity index (χ3n) is 4.37. The van der Waals surface area contributed by atoms with Crippen molar-refractivity contribution in [1.82, 2.24) is 5.06 Å². The maximum atomic E-state index is 12.1. The average molecular weight is 423 g/mol. The standard InChI is InChI=1S/C16H29N3O8S/c1-4-9-25-14(21)16(2,3)10-26-28(23,24)27-19(15(18)22)12-7-5-11(6-8-12)13(17)20/h11-12H,4-10H2,1-3H3,(H2,17,20)(H2,18,22)/t11-,12-. The van der Waals surface area contributed by atoms with E-state index in [1.165, 1.54) is 13.8 Å². The third kappa shape index (κ3) is 7.24. The first-order valence-electron chi connectivity index (χ1n) is 9.03. The van der Waals surface area contributed by atoms with Crippen LogP contribution in [-0.4, -0.2) is 50.6 Å². The Morgan fingerprint density at radius 1 is 1.11 bits per heavy atom. The lowest BCUT2D eigenvalue weighted by Crippen LogP contribution is -2.47. The molecule has 0 unspecified atom stereocenters. The van der Waals surface area contributed by atoms with E-state index in [1.54, 1.807) is 0 Å². The van der Waals surface area contributed by atoms with Gasteiger partial charge in [0.25, 0.3) is 0 Å². The molecule has 1 fully saturated rings. The molecule has 0 heterocycles. The summed E-state index contributed by atoms with van der Waals surface area (Å²) in [5, 5.41) is 0.523. The molecule has 1 aliphatic rings. The van der Waals surface area contributed by atoms with E-state index in [0.29, 0.717) is 37.2 Å². The van der Waals surface area contributed by atoms with Gasteiger partial charge in [0.2, 0.25) is 5.91 Å². The van der Waals surface area contributed by atoms with Crippen molar-refractivity contribution in [1.29, 1.82) is 0 Å². The lowest BCUT2D eigenvalue weighted by atomic mass is 9.85. The molecular formula is C16H29N3O8S. The molecular weight excluding hydrogens is 394 g/mol. The van der Waals surface area contributed by atoms with E-state index < -0.39 is 46.4 Å². The van der Waals surface area contributed by atoms with Crippen molar-refractivity contribution in [3.05, 3.63) is 0 Å². The van der Waals surface area contributed by atoms with Gasteiger partial charge in [-0.2, -0.15) is 13.5 Å². The Morgan fingerprint density at radius 3 is 2.14 bits per heavy atom. The van der Waals surface area contributed by atoms with Crippen molar-refractivity contribution >= 4 is 28.3 Å². The molecule has 0 aromatic heterocycles. The molecule has 0 radical (unpaired) electrons. The van der Waals surface area contributed by atoms with E-state index in [4.69, 9.17) is 24.7 Å². The monoisotopic (exact) mass is 423 g/mol. The van der Waals surface area contributed by atoms with Crippen LogP contribution in [0.15, 0.2) is 0 Å². The smallest absolute Gasteiger partial charge is 0.421 e. The van der Waals surface area contributed by atoms with Crippen molar-refractivity contribution in [3.8, 4) is 0 Å². The predicted octanol–water partition coefficient (Wildman–Crippen LogP) is 0.584. The molecule has 1 aliphatic carbocycles. The van der Waals surface area contributed by atoms with Crippen molar-refractivity contribution in [3.63, 3.8) is 0 Å². The number of hydroxylamine groups is 2. The van der Waals surface area contributed by atoms with Crippen molar-refractivity contribution in [2.75, 3.05) is 13.2 Å². The summed E-state index contributed by atoms with van der Waals surface area (Å²) in [6.45, 7) is 4.40. The highest BCUT2D eigenvalue weighted by atomic mass is 32.3. The summed E-state index contributed by atoms with van der Waals surface area (Å²) in [4.78, 5) is 34.8. The molecule has 12 heteroatoms. The zero-order valence-electron chi connectivity index (χ0n) is 16.4. The Bertz CT molecular complexity index is 671. The minimum Gasteiger partial charge on any atom is -0.465 e. The maximum absolute atomic E-state index is 12.1. The molecule has 1 rings (SSSR count). The number of hydrogen-bond donors (Lipinski definition) is 2. The van der Waals surface area contributed by atoms with Gasteiger partial charge in [-0.3, -0.25) is 9.59 Å². The van der Waals surface area contributed by atoms with Gasteiger partial charge in [0.1, 0.15) is 0 Å². The summed E-state index contributed by atoms with van der Waals surface area (Å²) in [6, 6.07) is -1.76. The number of rotatable bonds is 10. The topological polar surface area (TPSA) is 168 Å². The second-order valence-electron chi connectivity index (χ2n) is 7.34. The van der Waals surface area contributed by atoms with Crippen LogP contribution in [0.4, 0.5) is 4.79 Å². The Hall–Kier alpha value is -1.92. The van der Waals surface area contributed by atoms with Gasteiger partial charge in [0.15, 0.2) is 0 Å². The first-order chi connectivity index (χ1) is 12.9. The van der Waals surface area contributed by atoms with E-state index in [9.17, 15) is 22.8 Å². The molecule has 28 heavy (non-hydrogen) atoms. The fraction of sp³-hybridized carbons (Fsp3) is 0.812. The number of hydrogen-bond acceptors (Lipinski definition) is 8. The molecule has 1 saturated carbocycles. The summed E-state index contributed by atoms with van der Waals surface area (Å²) < 4.78 is 38.7. The van der Waals surface area contributed by atoms with Gasteiger partial charge in [-0.25, -0.2) is 8.98 Å². The molecule has 0 saturated heterocycles. The SMILES string of the molecule is CCCOC(=O)C(C)(C)COS(=O)(=O)ON(C(N)=O)[C@H]1CC[C@H](C(N)=O)CC1. The average Bonchev–Trinajstić information content (AvgIpc) is 2.62. The Labute approximate surface area is 164 Å². The lowest BCUT2D eigenvalue weighted by Gasteiger charge is -2.33. The zero-order valence-corrected chi connectivity index (χ0v) is 17.2. The quantitative estimate of drug-likeness (QED) is 0.380. The van der Waals surface area contributed by atoms with E-state index in [2.05, 4.69) is 0 Å². The van der Waals surface area contributed by atoms with Crippen molar-refractivity contribution in [2.45, 2.75) is 58.9 Å². The molecule has 0 spiro atoms. The molecule has 0 aromatic carbocycles. The molecule has 0 atom stereocenters. The van der Waals surface area contributed by atoms with Crippen LogP contribution >= 0.6 is 0 Å². The Balaban J connectivity index is 2.70. The molecule has 0 aliphatic heterocycles. The zero-order chi connectivity index (χ0) is 21.5. The van der Waals surface area contributed by atoms with E-state index in [-0.39, 0.29) is 12.5 Å². The van der Waals surface area contributed by atoms with Crippen LogP contribution in [0.1, 0.15) is 52.9 Å². The van der Waals surface area contributed by atoms with Gasteiger partial charge in [-0.05, 0) is 46.0 Å². The summed E-state index contributed by atoms with van der Waals surface area (Å²) in [5.74, 6) is -1.41. The molecule has 11 nitrogen and oxygen atoms in total. The van der Waals surface area contributed by atoms with Crippen LogP contribution in [-0.2, 0) is 33.2 Å². The van der Waals surface area contributed by atoms with Crippen LogP contribution in [0.3, 0.4) is 0 Å². The van der Waals surface area contributed by atoms with Crippen LogP contribution in [0, 0.1) is 11.3 Å².